The van der Waals surface area contributed by atoms with Crippen LogP contribution >= 0.6 is 22.7 Å². The molecule has 0 fully saturated rings. The van der Waals surface area contributed by atoms with Crippen LogP contribution in [0.25, 0.3) is 21.1 Å². The van der Waals surface area contributed by atoms with Gasteiger partial charge in [-0.2, -0.15) is 0 Å². The second-order valence-corrected chi connectivity index (χ2v) is 8.81. The Hall–Kier alpha value is -3.76. The number of esters is 1. The van der Waals surface area contributed by atoms with Crippen molar-refractivity contribution in [2.45, 2.75) is 13.0 Å². The van der Waals surface area contributed by atoms with E-state index in [2.05, 4.69) is 10.6 Å². The van der Waals surface area contributed by atoms with Crippen LogP contribution in [-0.2, 0) is 27.3 Å². The predicted octanol–water partition coefficient (Wildman–Crippen LogP) is 4.24. The molecular formula is C23H19N3O5S2. The third kappa shape index (κ3) is 6.15. The van der Waals surface area contributed by atoms with Crippen molar-refractivity contribution >= 4 is 40.6 Å². The summed E-state index contributed by atoms with van der Waals surface area (Å²) in [7, 11) is 0. The van der Waals surface area contributed by atoms with Crippen molar-refractivity contribution < 1.29 is 23.5 Å². The van der Waals surface area contributed by atoms with Gasteiger partial charge in [0.2, 0.25) is 0 Å². The van der Waals surface area contributed by atoms with Crippen LogP contribution in [0, 0.1) is 0 Å². The van der Waals surface area contributed by atoms with Crippen LogP contribution in [0.2, 0.25) is 0 Å². The average Bonchev–Trinajstić information content (AvgIpc) is 3.59. The molecule has 0 atom stereocenters. The Morgan fingerprint density at radius 3 is 2.61 bits per heavy atom. The summed E-state index contributed by atoms with van der Waals surface area (Å²) in [5.41, 5.74) is 1.69. The largest absolute Gasteiger partial charge is 0.467 e. The first-order valence-electron chi connectivity index (χ1n) is 9.93. The lowest BCUT2D eigenvalue weighted by Gasteiger charge is -2.06. The molecule has 1 aromatic carbocycles. The number of nitrogens with zero attached hydrogens (tertiary/aromatic N) is 1. The molecule has 3 amide bonds. The number of nitrogens with one attached hydrogen (secondary N) is 2. The fraction of sp³-hybridized carbons (Fsp3) is 0.130. The number of carbonyl (C=O) groups excluding carboxylic acids is 3. The number of furan rings is 1. The van der Waals surface area contributed by atoms with Crippen LogP contribution in [0.15, 0.2) is 70.7 Å². The van der Waals surface area contributed by atoms with Gasteiger partial charge in [-0.05, 0) is 23.6 Å². The number of rotatable bonds is 8. The predicted molar refractivity (Wildman–Crippen MR) is 125 cm³/mol. The maximum Gasteiger partial charge on any atom is 0.321 e. The van der Waals surface area contributed by atoms with Gasteiger partial charge in [-0.1, -0.05) is 36.4 Å². The van der Waals surface area contributed by atoms with E-state index in [9.17, 15) is 14.4 Å². The smallest absolute Gasteiger partial charge is 0.321 e. The Morgan fingerprint density at radius 1 is 1.03 bits per heavy atom. The van der Waals surface area contributed by atoms with Crippen LogP contribution in [0.1, 0.15) is 10.6 Å². The number of hydrogen-bond donors (Lipinski definition) is 2. The van der Waals surface area contributed by atoms with Crippen LogP contribution < -0.4 is 10.6 Å². The van der Waals surface area contributed by atoms with Crippen LogP contribution in [0.3, 0.4) is 0 Å². The maximum absolute atomic E-state index is 12.4. The van der Waals surface area contributed by atoms with E-state index in [4.69, 9.17) is 14.1 Å². The molecule has 3 aromatic heterocycles. The first-order valence-corrected chi connectivity index (χ1v) is 11.6. The number of thiazole rings is 1. The molecule has 0 aliphatic carbocycles. The zero-order valence-electron chi connectivity index (χ0n) is 17.3. The number of thiophene rings is 1. The molecule has 0 aliphatic rings. The number of hydrogen-bond acceptors (Lipinski definition) is 8. The molecule has 0 unspecified atom stereocenters. The fourth-order valence-electron chi connectivity index (χ4n) is 2.90. The van der Waals surface area contributed by atoms with Gasteiger partial charge in [0.25, 0.3) is 5.91 Å². The Balaban J connectivity index is 1.33. The summed E-state index contributed by atoms with van der Waals surface area (Å²) < 4.78 is 10.2. The van der Waals surface area contributed by atoms with E-state index in [1.54, 1.807) is 12.1 Å². The maximum atomic E-state index is 12.4. The molecule has 3 heterocycles. The highest BCUT2D eigenvalue weighted by atomic mass is 32.1. The number of urea groups is 1. The second kappa shape index (κ2) is 10.7. The molecule has 168 valence electrons. The Bertz CT molecular complexity index is 1220. The summed E-state index contributed by atoms with van der Waals surface area (Å²) in [4.78, 5) is 42.5. The Labute approximate surface area is 197 Å². The van der Waals surface area contributed by atoms with Gasteiger partial charge in [0.15, 0.2) is 6.61 Å². The van der Waals surface area contributed by atoms with Crippen LogP contribution in [0.4, 0.5) is 4.79 Å². The van der Waals surface area contributed by atoms with Crippen molar-refractivity contribution in [3.05, 3.63) is 76.9 Å². The molecule has 0 bridgehead atoms. The minimum Gasteiger partial charge on any atom is -0.467 e. The van der Waals surface area contributed by atoms with Crippen molar-refractivity contribution in [1.29, 1.82) is 0 Å². The zero-order valence-corrected chi connectivity index (χ0v) is 18.9. The van der Waals surface area contributed by atoms with Gasteiger partial charge in [0.1, 0.15) is 10.8 Å². The summed E-state index contributed by atoms with van der Waals surface area (Å²) in [6.45, 7) is -0.432. The number of imide groups is 1. The second-order valence-electron chi connectivity index (χ2n) is 6.78. The molecule has 8 nitrogen and oxygen atoms in total. The quantitative estimate of drug-likeness (QED) is 0.364. The van der Waals surface area contributed by atoms with E-state index in [-0.39, 0.29) is 13.0 Å². The van der Waals surface area contributed by atoms with E-state index in [1.165, 1.54) is 28.9 Å². The standard InChI is InChI=1S/C23H19N3O5S2/c27-19(25-23(29)24-13-16-8-4-10-30-16)14-31-20(28)12-18-21(17-9-5-11-32-17)26-22(33-18)15-6-2-1-3-7-15/h1-11H,12-14H2,(H2,24,25,27,29). The summed E-state index contributed by atoms with van der Waals surface area (Å²) in [5, 5.41) is 7.32. The van der Waals surface area contributed by atoms with Gasteiger partial charge in [0, 0.05) is 10.4 Å². The summed E-state index contributed by atoms with van der Waals surface area (Å²) in [6.07, 6.45) is 1.45. The van der Waals surface area contributed by atoms with Gasteiger partial charge in [-0.3, -0.25) is 14.9 Å². The van der Waals surface area contributed by atoms with Gasteiger partial charge in [-0.25, -0.2) is 9.78 Å². The minimum absolute atomic E-state index is 0.0320. The summed E-state index contributed by atoms with van der Waals surface area (Å²) in [6, 6.07) is 16.2. The lowest BCUT2D eigenvalue weighted by atomic mass is 10.2. The number of carbonyl (C=O) groups is 3. The molecule has 2 N–H and O–H groups in total. The average molecular weight is 482 g/mol. The lowest BCUT2D eigenvalue weighted by Crippen LogP contribution is -2.41. The number of aromatic nitrogens is 1. The third-order valence-corrected chi connectivity index (χ3v) is 6.38. The van der Waals surface area contributed by atoms with E-state index >= 15 is 0 Å². The van der Waals surface area contributed by atoms with Crippen molar-refractivity contribution in [3.8, 4) is 21.1 Å². The van der Waals surface area contributed by atoms with Crippen molar-refractivity contribution in [2.24, 2.45) is 0 Å². The topological polar surface area (TPSA) is 111 Å². The molecule has 0 aliphatic heterocycles. The first-order chi connectivity index (χ1) is 16.1. The highest BCUT2D eigenvalue weighted by molar-refractivity contribution is 7.17. The van der Waals surface area contributed by atoms with Crippen molar-refractivity contribution in [3.63, 3.8) is 0 Å². The molecule has 0 spiro atoms. The third-order valence-electron chi connectivity index (χ3n) is 4.40. The van der Waals surface area contributed by atoms with Gasteiger partial charge in [0.05, 0.1) is 29.8 Å². The molecular weight excluding hydrogens is 462 g/mol. The van der Waals surface area contributed by atoms with Gasteiger partial charge >= 0.3 is 12.0 Å². The molecule has 0 saturated heterocycles. The number of benzene rings is 1. The highest BCUT2D eigenvalue weighted by Crippen LogP contribution is 2.36. The zero-order chi connectivity index (χ0) is 23.0. The van der Waals surface area contributed by atoms with Crippen molar-refractivity contribution in [1.82, 2.24) is 15.6 Å². The summed E-state index contributed by atoms with van der Waals surface area (Å²) >= 11 is 2.94. The molecule has 0 radical (unpaired) electrons. The first kappa shape index (κ1) is 22.4. The van der Waals surface area contributed by atoms with E-state index in [1.807, 2.05) is 47.8 Å². The van der Waals surface area contributed by atoms with Gasteiger partial charge in [-0.15, -0.1) is 22.7 Å². The van der Waals surface area contributed by atoms with E-state index in [0.29, 0.717) is 5.76 Å². The number of ether oxygens (including phenoxy) is 1. The van der Waals surface area contributed by atoms with E-state index in [0.717, 1.165) is 26.0 Å². The molecule has 4 rings (SSSR count). The van der Waals surface area contributed by atoms with Crippen LogP contribution in [-0.4, -0.2) is 29.5 Å². The minimum atomic E-state index is -0.729. The summed E-state index contributed by atoms with van der Waals surface area (Å²) in [5.74, 6) is -0.764. The SMILES string of the molecule is O=C(COC(=O)Cc1sc(-c2ccccc2)nc1-c1cccs1)NC(=O)NCc1ccco1. The Morgan fingerprint density at radius 2 is 1.88 bits per heavy atom. The normalized spacial score (nSPS) is 10.5. The monoisotopic (exact) mass is 481 g/mol. The molecule has 33 heavy (non-hydrogen) atoms. The molecule has 0 saturated carbocycles. The highest BCUT2D eigenvalue weighted by Gasteiger charge is 2.19. The number of amides is 3. The van der Waals surface area contributed by atoms with E-state index < -0.39 is 24.5 Å². The fourth-order valence-corrected chi connectivity index (χ4v) is 4.77. The molecule has 10 heteroatoms. The lowest BCUT2D eigenvalue weighted by molar-refractivity contribution is -0.147. The Kier molecular flexibility index (Phi) is 7.28. The van der Waals surface area contributed by atoms with Crippen LogP contribution in [0.5, 0.6) is 0 Å². The molecule has 4 aromatic rings. The van der Waals surface area contributed by atoms with Gasteiger partial charge < -0.3 is 14.5 Å². The van der Waals surface area contributed by atoms with Crippen molar-refractivity contribution in [2.75, 3.05) is 6.61 Å².